The molecule has 0 radical (unpaired) electrons. The van der Waals surface area contributed by atoms with Crippen LogP contribution in [0.25, 0.3) is 11.6 Å². The normalized spacial score (nSPS) is 10.2. The monoisotopic (exact) mass is 196 g/mol. The Kier molecular flexibility index (Phi) is 1.86. The van der Waals surface area contributed by atoms with Crippen LogP contribution < -0.4 is 5.73 Å². The largest absolute Gasteiger partial charge is 0.380 e. The summed E-state index contributed by atoms with van der Waals surface area (Å²) in [5, 5.41) is 3.73. The molecule has 0 aliphatic carbocycles. The second-order valence-electron chi connectivity index (χ2n) is 2.28. The summed E-state index contributed by atoms with van der Waals surface area (Å²) in [5.41, 5.74) is 5.39. The van der Waals surface area contributed by atoms with Gasteiger partial charge in [0.2, 0.25) is 5.76 Å². The van der Waals surface area contributed by atoms with Crippen LogP contribution in [0.4, 0.5) is 5.82 Å². The van der Waals surface area contributed by atoms with Crippen molar-refractivity contribution in [2.75, 3.05) is 5.73 Å². The minimum atomic E-state index is 0.143. The zero-order chi connectivity index (χ0) is 9.26. The Hall–Kier alpha value is -1.62. The van der Waals surface area contributed by atoms with Gasteiger partial charge in [-0.25, -0.2) is 9.97 Å². The number of halogens is 1. The molecular formula is C7H5ClN4O. The molecule has 0 amide bonds. The zero-order valence-electron chi connectivity index (χ0n) is 6.44. The summed E-state index contributed by atoms with van der Waals surface area (Å²) in [6.45, 7) is 0. The third-order valence-electron chi connectivity index (χ3n) is 1.43. The van der Waals surface area contributed by atoms with E-state index in [1.165, 1.54) is 0 Å². The molecule has 6 heteroatoms. The molecule has 0 spiro atoms. The van der Waals surface area contributed by atoms with Gasteiger partial charge in [-0.1, -0.05) is 16.8 Å². The lowest BCUT2D eigenvalue weighted by molar-refractivity contribution is 0.433. The maximum atomic E-state index is 5.78. The van der Waals surface area contributed by atoms with Crippen molar-refractivity contribution in [1.29, 1.82) is 0 Å². The lowest BCUT2D eigenvalue weighted by Gasteiger charge is -1.91. The molecule has 66 valence electrons. The molecule has 0 aliphatic heterocycles. The quantitative estimate of drug-likeness (QED) is 0.745. The number of aromatic nitrogens is 3. The molecule has 0 atom stereocenters. The number of nitrogen functional groups attached to an aromatic ring is 1. The third-order valence-corrected chi connectivity index (χ3v) is 1.79. The highest BCUT2D eigenvalue weighted by atomic mass is 35.5. The van der Waals surface area contributed by atoms with E-state index in [2.05, 4.69) is 15.1 Å². The summed E-state index contributed by atoms with van der Waals surface area (Å²) in [4.78, 5) is 7.88. The van der Waals surface area contributed by atoms with Crippen LogP contribution in [0.3, 0.4) is 0 Å². The number of hydrogen-bond acceptors (Lipinski definition) is 5. The molecule has 2 rings (SSSR count). The highest BCUT2D eigenvalue weighted by Crippen LogP contribution is 2.29. The first-order valence-electron chi connectivity index (χ1n) is 3.47. The fourth-order valence-electron chi connectivity index (χ4n) is 0.847. The van der Waals surface area contributed by atoms with E-state index in [-0.39, 0.29) is 10.8 Å². The third kappa shape index (κ3) is 1.33. The summed E-state index contributed by atoms with van der Waals surface area (Å²) >= 11 is 5.78. The number of anilines is 1. The van der Waals surface area contributed by atoms with Gasteiger partial charge < -0.3 is 10.3 Å². The topological polar surface area (TPSA) is 77.8 Å². The second-order valence-corrected chi connectivity index (χ2v) is 2.66. The minimum absolute atomic E-state index is 0.143. The van der Waals surface area contributed by atoms with Crippen LogP contribution in [0.5, 0.6) is 0 Å². The predicted octanol–water partition coefficient (Wildman–Crippen LogP) is 1.37. The van der Waals surface area contributed by atoms with Crippen LogP contribution in [-0.2, 0) is 0 Å². The van der Waals surface area contributed by atoms with E-state index in [4.69, 9.17) is 21.9 Å². The van der Waals surface area contributed by atoms with E-state index in [0.717, 1.165) is 0 Å². The molecule has 0 saturated heterocycles. The molecule has 0 unspecified atom stereocenters. The lowest BCUT2D eigenvalue weighted by atomic mass is 10.4. The SMILES string of the molecule is Nc1noc(-c2ncccn2)c1Cl. The van der Waals surface area contributed by atoms with Gasteiger partial charge in [0.15, 0.2) is 11.6 Å². The number of rotatable bonds is 1. The second kappa shape index (κ2) is 3.02. The predicted molar refractivity (Wildman–Crippen MR) is 47.0 cm³/mol. The summed E-state index contributed by atoms with van der Waals surface area (Å²) in [5.74, 6) is 0.806. The Morgan fingerprint density at radius 1 is 1.31 bits per heavy atom. The van der Waals surface area contributed by atoms with Crippen LogP contribution in [0.2, 0.25) is 5.02 Å². The Bertz CT molecular complexity index is 414. The van der Waals surface area contributed by atoms with E-state index >= 15 is 0 Å². The Labute approximate surface area is 78.5 Å². The zero-order valence-corrected chi connectivity index (χ0v) is 7.19. The van der Waals surface area contributed by atoms with Crippen molar-refractivity contribution < 1.29 is 4.52 Å². The minimum Gasteiger partial charge on any atom is -0.380 e. The van der Waals surface area contributed by atoms with Crippen LogP contribution in [-0.4, -0.2) is 15.1 Å². The van der Waals surface area contributed by atoms with Crippen LogP contribution in [0.15, 0.2) is 23.0 Å². The van der Waals surface area contributed by atoms with E-state index in [1.807, 2.05) is 0 Å². The van der Waals surface area contributed by atoms with Gasteiger partial charge in [0, 0.05) is 12.4 Å². The molecule has 13 heavy (non-hydrogen) atoms. The molecular weight excluding hydrogens is 192 g/mol. The molecule has 0 saturated carbocycles. The molecule has 0 aliphatic rings. The highest BCUT2D eigenvalue weighted by Gasteiger charge is 2.15. The molecule has 2 N–H and O–H groups in total. The first-order chi connectivity index (χ1) is 6.29. The van der Waals surface area contributed by atoms with Gasteiger partial charge >= 0.3 is 0 Å². The van der Waals surface area contributed by atoms with Crippen LogP contribution in [0, 0.1) is 0 Å². The van der Waals surface area contributed by atoms with Gasteiger partial charge in [0.25, 0.3) is 0 Å². The summed E-state index contributed by atoms with van der Waals surface area (Å²) in [6.07, 6.45) is 3.16. The van der Waals surface area contributed by atoms with Gasteiger partial charge in [-0.2, -0.15) is 0 Å². The number of nitrogens with zero attached hydrogens (tertiary/aromatic N) is 3. The molecule has 2 aromatic rings. The molecule has 0 bridgehead atoms. The number of hydrogen-bond donors (Lipinski definition) is 1. The average Bonchev–Trinajstić information content (AvgIpc) is 2.49. The number of nitrogens with two attached hydrogens (primary N) is 1. The van der Waals surface area contributed by atoms with Crippen LogP contribution >= 0.6 is 11.6 Å². The van der Waals surface area contributed by atoms with Gasteiger partial charge in [-0.15, -0.1) is 0 Å². The molecule has 0 fully saturated rings. The Balaban J connectivity index is 2.53. The Morgan fingerprint density at radius 2 is 2.00 bits per heavy atom. The van der Waals surface area contributed by atoms with Gasteiger partial charge in [-0.05, 0) is 6.07 Å². The first kappa shape index (κ1) is 8.00. The van der Waals surface area contributed by atoms with Crippen molar-refractivity contribution in [1.82, 2.24) is 15.1 Å². The van der Waals surface area contributed by atoms with Crippen molar-refractivity contribution in [2.45, 2.75) is 0 Å². The van der Waals surface area contributed by atoms with Gasteiger partial charge in [0.1, 0.15) is 5.02 Å². The summed E-state index contributed by atoms with van der Waals surface area (Å²) in [6, 6.07) is 1.69. The molecule has 2 aromatic heterocycles. The summed E-state index contributed by atoms with van der Waals surface area (Å²) < 4.78 is 4.85. The summed E-state index contributed by atoms with van der Waals surface area (Å²) in [7, 11) is 0. The molecule has 2 heterocycles. The maximum absolute atomic E-state index is 5.78. The van der Waals surface area contributed by atoms with E-state index in [1.54, 1.807) is 18.5 Å². The average molecular weight is 197 g/mol. The van der Waals surface area contributed by atoms with E-state index in [9.17, 15) is 0 Å². The molecule has 0 aromatic carbocycles. The van der Waals surface area contributed by atoms with Crippen LogP contribution in [0.1, 0.15) is 0 Å². The van der Waals surface area contributed by atoms with Gasteiger partial charge in [0.05, 0.1) is 0 Å². The first-order valence-corrected chi connectivity index (χ1v) is 3.85. The standard InChI is InChI=1S/C7H5ClN4O/c8-4-5(13-12-6(4)9)7-10-2-1-3-11-7/h1-3H,(H2,9,12). The van der Waals surface area contributed by atoms with Crippen molar-refractivity contribution in [2.24, 2.45) is 0 Å². The van der Waals surface area contributed by atoms with E-state index < -0.39 is 0 Å². The van der Waals surface area contributed by atoms with Crippen molar-refractivity contribution >= 4 is 17.4 Å². The Morgan fingerprint density at radius 3 is 2.54 bits per heavy atom. The van der Waals surface area contributed by atoms with Gasteiger partial charge in [-0.3, -0.25) is 0 Å². The maximum Gasteiger partial charge on any atom is 0.224 e. The fourth-order valence-corrected chi connectivity index (χ4v) is 1.00. The lowest BCUT2D eigenvalue weighted by Crippen LogP contribution is -1.86. The smallest absolute Gasteiger partial charge is 0.224 e. The fraction of sp³-hybridized carbons (Fsp3) is 0. The van der Waals surface area contributed by atoms with Crippen molar-refractivity contribution in [3.8, 4) is 11.6 Å². The van der Waals surface area contributed by atoms with Crippen molar-refractivity contribution in [3.63, 3.8) is 0 Å². The highest BCUT2D eigenvalue weighted by molar-refractivity contribution is 6.34. The molecule has 5 nitrogen and oxygen atoms in total. The van der Waals surface area contributed by atoms with E-state index in [0.29, 0.717) is 11.6 Å². The van der Waals surface area contributed by atoms with Crippen molar-refractivity contribution in [3.05, 3.63) is 23.5 Å².